The van der Waals surface area contributed by atoms with Crippen molar-refractivity contribution < 1.29 is 14.3 Å². The normalized spacial score (nSPS) is 10.7. The van der Waals surface area contributed by atoms with Gasteiger partial charge in [0, 0.05) is 10.0 Å². The van der Waals surface area contributed by atoms with Gasteiger partial charge < -0.3 is 9.47 Å². The molecule has 0 fully saturated rings. The lowest BCUT2D eigenvalue weighted by Gasteiger charge is -2.12. The molecule has 0 atom stereocenters. The van der Waals surface area contributed by atoms with Crippen LogP contribution in [0, 0.1) is 6.92 Å². The molecule has 0 aliphatic carbocycles. The van der Waals surface area contributed by atoms with Gasteiger partial charge in [0.2, 0.25) is 0 Å². The van der Waals surface area contributed by atoms with Crippen molar-refractivity contribution in [1.82, 2.24) is 0 Å². The maximum Gasteiger partial charge on any atom is 0.337 e. The number of aryl methyl sites for hydroxylation is 1. The highest BCUT2D eigenvalue weighted by atomic mass is 35.5. The predicted octanol–water partition coefficient (Wildman–Crippen LogP) is 5.82. The molecule has 0 N–H and O–H groups in total. The Balaban J connectivity index is 1.87. The molecule has 128 valence electrons. The van der Waals surface area contributed by atoms with Crippen LogP contribution >= 0.6 is 23.2 Å². The molecule has 0 radical (unpaired) electrons. The second-order valence-electron chi connectivity index (χ2n) is 5.68. The Morgan fingerprint density at radius 2 is 1.72 bits per heavy atom. The predicted molar refractivity (Wildman–Crippen MR) is 101 cm³/mol. The summed E-state index contributed by atoms with van der Waals surface area (Å²) in [5.74, 6) is 0.423. The van der Waals surface area contributed by atoms with Gasteiger partial charge in [0.1, 0.15) is 12.4 Å². The van der Waals surface area contributed by atoms with Crippen LogP contribution < -0.4 is 4.74 Å². The van der Waals surface area contributed by atoms with E-state index in [1.54, 1.807) is 12.1 Å². The minimum absolute atomic E-state index is 0.349. The zero-order chi connectivity index (χ0) is 18.0. The van der Waals surface area contributed by atoms with Crippen LogP contribution in [0.25, 0.3) is 10.8 Å². The van der Waals surface area contributed by atoms with Crippen LogP contribution in [0.5, 0.6) is 5.75 Å². The Labute approximate surface area is 156 Å². The molecule has 0 aromatic heterocycles. The van der Waals surface area contributed by atoms with Crippen molar-refractivity contribution in [1.29, 1.82) is 0 Å². The van der Waals surface area contributed by atoms with Gasteiger partial charge in [0.25, 0.3) is 0 Å². The lowest BCUT2D eigenvalue weighted by atomic mass is 10.0. The number of carbonyl (C=O) groups excluding carboxylic acids is 1. The zero-order valence-corrected chi connectivity index (χ0v) is 15.3. The molecule has 0 saturated heterocycles. The summed E-state index contributed by atoms with van der Waals surface area (Å²) in [5, 5.41) is 3.14. The molecule has 3 aromatic rings. The number of rotatable bonds is 4. The minimum Gasteiger partial charge on any atom is -0.489 e. The van der Waals surface area contributed by atoms with Crippen LogP contribution in [0.1, 0.15) is 21.5 Å². The van der Waals surface area contributed by atoms with Crippen LogP contribution in [0.2, 0.25) is 10.0 Å². The number of methoxy groups -OCH3 is 1. The second kappa shape index (κ2) is 7.34. The molecule has 25 heavy (non-hydrogen) atoms. The number of carbonyl (C=O) groups is 1. The second-order valence-corrected chi connectivity index (χ2v) is 6.56. The monoisotopic (exact) mass is 374 g/mol. The summed E-state index contributed by atoms with van der Waals surface area (Å²) in [4.78, 5) is 11.7. The van der Waals surface area contributed by atoms with E-state index in [4.69, 9.17) is 32.7 Å². The van der Waals surface area contributed by atoms with E-state index in [2.05, 4.69) is 0 Å². The molecule has 0 bridgehead atoms. The SMILES string of the molecule is COC(=O)c1ccc2c(C)c(OCc3cc(Cl)cc(Cl)c3)ccc2c1. The van der Waals surface area contributed by atoms with E-state index in [1.807, 2.05) is 43.3 Å². The van der Waals surface area contributed by atoms with Gasteiger partial charge in [-0.15, -0.1) is 0 Å². The lowest BCUT2D eigenvalue weighted by Crippen LogP contribution is -2.01. The van der Waals surface area contributed by atoms with Crippen molar-refractivity contribution in [3.05, 3.63) is 75.3 Å². The zero-order valence-electron chi connectivity index (χ0n) is 13.8. The van der Waals surface area contributed by atoms with Crippen molar-refractivity contribution >= 4 is 39.9 Å². The van der Waals surface area contributed by atoms with Crippen LogP contribution in [-0.4, -0.2) is 13.1 Å². The number of hydrogen-bond donors (Lipinski definition) is 0. The van der Waals surface area contributed by atoms with Gasteiger partial charge in [-0.25, -0.2) is 4.79 Å². The van der Waals surface area contributed by atoms with Crippen LogP contribution in [0.4, 0.5) is 0 Å². The molecular weight excluding hydrogens is 359 g/mol. The summed E-state index contributed by atoms with van der Waals surface area (Å²) in [6.45, 7) is 2.35. The molecule has 0 aliphatic heterocycles. The largest absolute Gasteiger partial charge is 0.489 e. The summed E-state index contributed by atoms with van der Waals surface area (Å²) in [6, 6.07) is 14.6. The van der Waals surface area contributed by atoms with Crippen molar-refractivity contribution in [2.24, 2.45) is 0 Å². The first kappa shape index (κ1) is 17.6. The van der Waals surface area contributed by atoms with Gasteiger partial charge >= 0.3 is 5.97 Å². The summed E-state index contributed by atoms with van der Waals surface area (Å²) in [7, 11) is 1.37. The van der Waals surface area contributed by atoms with E-state index in [9.17, 15) is 4.79 Å². The van der Waals surface area contributed by atoms with E-state index < -0.39 is 0 Å². The molecule has 0 amide bonds. The smallest absolute Gasteiger partial charge is 0.337 e. The molecule has 3 nitrogen and oxygen atoms in total. The molecule has 5 heteroatoms. The molecule has 3 rings (SSSR count). The standard InChI is InChI=1S/C20H16Cl2O3/c1-12-18-5-3-15(20(23)24-2)9-14(18)4-6-19(12)25-11-13-7-16(21)10-17(22)8-13/h3-10H,11H2,1-2H3. The van der Waals surface area contributed by atoms with E-state index >= 15 is 0 Å². The quantitative estimate of drug-likeness (QED) is 0.539. The summed E-state index contributed by atoms with van der Waals surface area (Å²) in [5.41, 5.74) is 2.43. The number of hydrogen-bond acceptors (Lipinski definition) is 3. The highest BCUT2D eigenvalue weighted by Gasteiger charge is 2.10. The van der Waals surface area contributed by atoms with Crippen molar-refractivity contribution in [2.45, 2.75) is 13.5 Å². The summed E-state index contributed by atoms with van der Waals surface area (Å²) >= 11 is 12.0. The maximum absolute atomic E-state index is 11.7. The minimum atomic E-state index is -0.349. The fraction of sp³-hybridized carbons (Fsp3) is 0.150. The highest BCUT2D eigenvalue weighted by Crippen LogP contribution is 2.29. The van der Waals surface area contributed by atoms with Gasteiger partial charge in [-0.2, -0.15) is 0 Å². The first-order valence-electron chi connectivity index (χ1n) is 7.67. The number of benzene rings is 3. The summed E-state index contributed by atoms with van der Waals surface area (Å²) < 4.78 is 10.7. The molecule has 3 aromatic carbocycles. The van der Waals surface area contributed by atoms with Gasteiger partial charge in [0.15, 0.2) is 0 Å². The van der Waals surface area contributed by atoms with E-state index in [1.165, 1.54) is 7.11 Å². The molecular formula is C20H16Cl2O3. The topological polar surface area (TPSA) is 35.5 Å². The van der Waals surface area contributed by atoms with Gasteiger partial charge in [-0.3, -0.25) is 0 Å². The third kappa shape index (κ3) is 3.89. The van der Waals surface area contributed by atoms with Crippen LogP contribution in [0.15, 0.2) is 48.5 Å². The average Bonchev–Trinajstić information content (AvgIpc) is 2.59. The average molecular weight is 375 g/mol. The first-order valence-corrected chi connectivity index (χ1v) is 8.43. The molecule has 0 aliphatic rings. The number of halogens is 2. The van der Waals surface area contributed by atoms with Crippen LogP contribution in [-0.2, 0) is 11.3 Å². The van der Waals surface area contributed by atoms with Crippen molar-refractivity contribution in [3.8, 4) is 5.75 Å². The van der Waals surface area contributed by atoms with Crippen LogP contribution in [0.3, 0.4) is 0 Å². The number of ether oxygens (including phenoxy) is 2. The fourth-order valence-electron chi connectivity index (χ4n) is 2.72. The van der Waals surface area contributed by atoms with E-state index in [-0.39, 0.29) is 5.97 Å². The number of esters is 1. The fourth-order valence-corrected chi connectivity index (χ4v) is 3.29. The van der Waals surface area contributed by atoms with Gasteiger partial charge in [-0.1, -0.05) is 35.3 Å². The van der Waals surface area contributed by atoms with Gasteiger partial charge in [-0.05, 0) is 65.2 Å². The molecule has 0 unspecified atom stereocenters. The first-order chi connectivity index (χ1) is 12.0. The van der Waals surface area contributed by atoms with Crippen molar-refractivity contribution in [2.75, 3.05) is 7.11 Å². The number of fused-ring (bicyclic) bond motifs is 1. The Kier molecular flexibility index (Phi) is 5.16. The summed E-state index contributed by atoms with van der Waals surface area (Å²) in [6.07, 6.45) is 0. The Morgan fingerprint density at radius 1 is 1.00 bits per heavy atom. The Morgan fingerprint density at radius 3 is 2.40 bits per heavy atom. The highest BCUT2D eigenvalue weighted by molar-refractivity contribution is 6.34. The Bertz CT molecular complexity index is 931. The lowest BCUT2D eigenvalue weighted by molar-refractivity contribution is 0.0601. The van der Waals surface area contributed by atoms with E-state index in [0.717, 1.165) is 27.6 Å². The Hall–Kier alpha value is -2.23. The van der Waals surface area contributed by atoms with Crippen molar-refractivity contribution in [3.63, 3.8) is 0 Å². The van der Waals surface area contributed by atoms with E-state index in [0.29, 0.717) is 22.2 Å². The molecule has 0 spiro atoms. The molecule has 0 heterocycles. The molecule has 0 saturated carbocycles. The van der Waals surface area contributed by atoms with Gasteiger partial charge in [0.05, 0.1) is 12.7 Å². The maximum atomic E-state index is 11.7. The third-order valence-electron chi connectivity index (χ3n) is 3.98. The third-order valence-corrected chi connectivity index (χ3v) is 4.41.